The van der Waals surface area contributed by atoms with E-state index in [-0.39, 0.29) is 0 Å². The Kier molecular flexibility index (Phi) is 4.16. The van der Waals surface area contributed by atoms with E-state index in [1.165, 1.54) is 42.7 Å². The Morgan fingerprint density at radius 2 is 1.95 bits per heavy atom. The minimum absolute atomic E-state index is 0.917. The van der Waals surface area contributed by atoms with Crippen LogP contribution in [-0.4, -0.2) is 18.0 Å². The van der Waals surface area contributed by atoms with Crippen LogP contribution in [0.2, 0.25) is 0 Å². The van der Waals surface area contributed by atoms with E-state index in [1.54, 1.807) is 11.3 Å². The van der Waals surface area contributed by atoms with Crippen LogP contribution in [0.3, 0.4) is 0 Å². The van der Waals surface area contributed by atoms with Gasteiger partial charge in [0.25, 0.3) is 0 Å². The SMILES string of the molecule is c1ccc(NCc2ccsc2)c(CN2CCCC2)c1. The molecule has 2 heterocycles. The third-order valence-electron chi connectivity index (χ3n) is 3.67. The number of nitrogens with one attached hydrogen (secondary N) is 1. The molecule has 19 heavy (non-hydrogen) atoms. The van der Waals surface area contributed by atoms with Crippen LogP contribution in [-0.2, 0) is 13.1 Å². The molecule has 0 bridgehead atoms. The van der Waals surface area contributed by atoms with Gasteiger partial charge in [-0.1, -0.05) is 18.2 Å². The van der Waals surface area contributed by atoms with Crippen LogP contribution in [0.25, 0.3) is 0 Å². The molecule has 0 saturated carbocycles. The summed E-state index contributed by atoms with van der Waals surface area (Å²) in [6.07, 6.45) is 2.70. The number of anilines is 1. The minimum atomic E-state index is 0.917. The molecule has 1 fully saturated rings. The summed E-state index contributed by atoms with van der Waals surface area (Å²) in [5, 5.41) is 7.91. The second-order valence-electron chi connectivity index (χ2n) is 5.13. The lowest BCUT2D eigenvalue weighted by Gasteiger charge is -2.18. The van der Waals surface area contributed by atoms with Gasteiger partial charge in [-0.2, -0.15) is 11.3 Å². The average Bonchev–Trinajstić information content (AvgIpc) is 3.10. The number of thiophene rings is 1. The highest BCUT2D eigenvalue weighted by Crippen LogP contribution is 2.20. The van der Waals surface area contributed by atoms with Crippen molar-refractivity contribution >= 4 is 17.0 Å². The van der Waals surface area contributed by atoms with E-state index in [9.17, 15) is 0 Å². The van der Waals surface area contributed by atoms with Crippen LogP contribution in [0.5, 0.6) is 0 Å². The number of hydrogen-bond acceptors (Lipinski definition) is 3. The van der Waals surface area contributed by atoms with Crippen LogP contribution in [0, 0.1) is 0 Å². The van der Waals surface area contributed by atoms with Gasteiger partial charge in [-0.15, -0.1) is 0 Å². The van der Waals surface area contributed by atoms with Crippen molar-refractivity contribution in [3.05, 3.63) is 52.2 Å². The van der Waals surface area contributed by atoms with Crippen molar-refractivity contribution in [3.8, 4) is 0 Å². The highest BCUT2D eigenvalue weighted by molar-refractivity contribution is 7.07. The van der Waals surface area contributed by atoms with Gasteiger partial charge in [-0.3, -0.25) is 4.90 Å². The van der Waals surface area contributed by atoms with E-state index < -0.39 is 0 Å². The molecular weight excluding hydrogens is 252 g/mol. The monoisotopic (exact) mass is 272 g/mol. The van der Waals surface area contributed by atoms with Gasteiger partial charge < -0.3 is 5.32 Å². The molecule has 3 heteroatoms. The Labute approximate surface area is 119 Å². The van der Waals surface area contributed by atoms with Crippen LogP contribution < -0.4 is 5.32 Å². The molecular formula is C16H20N2S. The molecule has 0 aliphatic carbocycles. The summed E-state index contributed by atoms with van der Waals surface area (Å²) in [6, 6.07) is 10.9. The molecule has 1 aromatic carbocycles. The fraction of sp³-hybridized carbons (Fsp3) is 0.375. The molecule has 3 rings (SSSR count). The van der Waals surface area contributed by atoms with Crippen molar-refractivity contribution in [1.29, 1.82) is 0 Å². The maximum Gasteiger partial charge on any atom is 0.0409 e. The number of benzene rings is 1. The molecule has 2 aromatic rings. The predicted molar refractivity (Wildman–Crippen MR) is 82.6 cm³/mol. The summed E-state index contributed by atoms with van der Waals surface area (Å²) < 4.78 is 0. The maximum absolute atomic E-state index is 3.57. The fourth-order valence-electron chi connectivity index (χ4n) is 2.60. The zero-order chi connectivity index (χ0) is 12.9. The molecule has 0 radical (unpaired) electrons. The van der Waals surface area contributed by atoms with E-state index in [0.717, 1.165) is 13.1 Å². The van der Waals surface area contributed by atoms with Crippen LogP contribution in [0.15, 0.2) is 41.1 Å². The molecule has 1 saturated heterocycles. The Hall–Kier alpha value is -1.32. The Morgan fingerprint density at radius 1 is 1.11 bits per heavy atom. The zero-order valence-corrected chi connectivity index (χ0v) is 12.0. The number of rotatable bonds is 5. The molecule has 2 nitrogen and oxygen atoms in total. The van der Waals surface area contributed by atoms with Crippen molar-refractivity contribution in [2.45, 2.75) is 25.9 Å². The quantitative estimate of drug-likeness (QED) is 0.886. The van der Waals surface area contributed by atoms with E-state index in [1.807, 2.05) is 0 Å². The number of likely N-dealkylation sites (tertiary alicyclic amines) is 1. The number of hydrogen-bond donors (Lipinski definition) is 1. The van der Waals surface area contributed by atoms with Gasteiger partial charge >= 0.3 is 0 Å². The van der Waals surface area contributed by atoms with Crippen molar-refractivity contribution in [1.82, 2.24) is 4.90 Å². The van der Waals surface area contributed by atoms with Crippen molar-refractivity contribution in [2.75, 3.05) is 18.4 Å². The smallest absolute Gasteiger partial charge is 0.0409 e. The molecule has 1 aliphatic heterocycles. The van der Waals surface area contributed by atoms with Gasteiger partial charge in [0.2, 0.25) is 0 Å². The van der Waals surface area contributed by atoms with E-state index in [2.05, 4.69) is 51.3 Å². The Bertz CT molecular complexity index is 501. The average molecular weight is 272 g/mol. The minimum Gasteiger partial charge on any atom is -0.381 e. The Balaban J connectivity index is 1.66. The van der Waals surface area contributed by atoms with E-state index in [4.69, 9.17) is 0 Å². The van der Waals surface area contributed by atoms with Gasteiger partial charge in [0.15, 0.2) is 0 Å². The normalized spacial score (nSPS) is 15.8. The third-order valence-corrected chi connectivity index (χ3v) is 4.41. The first-order chi connectivity index (χ1) is 9.42. The summed E-state index contributed by atoms with van der Waals surface area (Å²) in [5.41, 5.74) is 4.06. The van der Waals surface area contributed by atoms with Gasteiger partial charge in [0.05, 0.1) is 0 Å². The Morgan fingerprint density at radius 3 is 2.74 bits per heavy atom. The van der Waals surface area contributed by atoms with Crippen molar-refractivity contribution in [2.24, 2.45) is 0 Å². The highest BCUT2D eigenvalue weighted by atomic mass is 32.1. The molecule has 100 valence electrons. The number of para-hydroxylation sites is 1. The van der Waals surface area contributed by atoms with Gasteiger partial charge in [0.1, 0.15) is 0 Å². The lowest BCUT2D eigenvalue weighted by Crippen LogP contribution is -2.19. The summed E-state index contributed by atoms with van der Waals surface area (Å²) in [4.78, 5) is 2.55. The maximum atomic E-state index is 3.57. The highest BCUT2D eigenvalue weighted by Gasteiger charge is 2.13. The topological polar surface area (TPSA) is 15.3 Å². The molecule has 1 N–H and O–H groups in total. The van der Waals surface area contributed by atoms with Crippen LogP contribution in [0.1, 0.15) is 24.0 Å². The summed E-state index contributed by atoms with van der Waals surface area (Å²) in [6.45, 7) is 4.49. The second kappa shape index (κ2) is 6.22. The largest absolute Gasteiger partial charge is 0.381 e. The first-order valence-corrected chi connectivity index (χ1v) is 7.91. The molecule has 0 unspecified atom stereocenters. The second-order valence-corrected chi connectivity index (χ2v) is 5.91. The van der Waals surface area contributed by atoms with Crippen molar-refractivity contribution < 1.29 is 0 Å². The number of nitrogens with zero attached hydrogens (tertiary/aromatic N) is 1. The van der Waals surface area contributed by atoms with Crippen LogP contribution in [0.4, 0.5) is 5.69 Å². The van der Waals surface area contributed by atoms with E-state index in [0.29, 0.717) is 0 Å². The first-order valence-electron chi connectivity index (χ1n) is 6.97. The zero-order valence-electron chi connectivity index (χ0n) is 11.1. The molecule has 1 aromatic heterocycles. The van der Waals surface area contributed by atoms with E-state index >= 15 is 0 Å². The molecule has 0 amide bonds. The predicted octanol–water partition coefficient (Wildman–Crippen LogP) is 3.96. The summed E-state index contributed by atoms with van der Waals surface area (Å²) in [5.74, 6) is 0. The standard InChI is InChI=1S/C16H20N2S/c1-2-6-16(17-11-14-7-10-19-13-14)15(5-1)12-18-8-3-4-9-18/h1-2,5-7,10,13,17H,3-4,8-9,11-12H2. The molecule has 0 spiro atoms. The van der Waals surface area contributed by atoms with Crippen LogP contribution >= 0.6 is 11.3 Å². The van der Waals surface area contributed by atoms with Gasteiger partial charge in [-0.25, -0.2) is 0 Å². The summed E-state index contributed by atoms with van der Waals surface area (Å²) >= 11 is 1.76. The molecule has 1 aliphatic rings. The lowest BCUT2D eigenvalue weighted by molar-refractivity contribution is 0.332. The van der Waals surface area contributed by atoms with Crippen molar-refractivity contribution in [3.63, 3.8) is 0 Å². The fourth-order valence-corrected chi connectivity index (χ4v) is 3.27. The van der Waals surface area contributed by atoms with Gasteiger partial charge in [-0.05, 0) is 60.0 Å². The third kappa shape index (κ3) is 3.37. The summed E-state index contributed by atoms with van der Waals surface area (Å²) in [7, 11) is 0. The first kappa shape index (κ1) is 12.7. The lowest BCUT2D eigenvalue weighted by atomic mass is 10.1. The van der Waals surface area contributed by atoms with Gasteiger partial charge in [0, 0.05) is 18.8 Å². The molecule has 0 atom stereocenters.